The fraction of sp³-hybridized carbons (Fsp3) is 0.933. The number of hydrogen-bond donors (Lipinski definition) is 0. The number of ketones is 1. The van der Waals surface area contributed by atoms with Crippen molar-refractivity contribution in [3.8, 4) is 0 Å². The van der Waals surface area contributed by atoms with Gasteiger partial charge in [-0.2, -0.15) is 0 Å². The second kappa shape index (κ2) is 37.4. The quantitative estimate of drug-likeness (QED) is 0.0345. The fourth-order valence-electron chi connectivity index (χ4n) is 6.37. The number of hydrogen-bond acceptors (Lipinski definition) is 8. The van der Waals surface area contributed by atoms with Crippen LogP contribution in [0.15, 0.2) is 0 Å². The van der Waals surface area contributed by atoms with Gasteiger partial charge in [0, 0.05) is 19.6 Å². The van der Waals surface area contributed by atoms with Gasteiger partial charge in [0.1, 0.15) is 14.9 Å². The number of Topliss-reactive ketones (excluding diaryl/α,β-unsaturated/α-hetero) is 1. The summed E-state index contributed by atoms with van der Waals surface area (Å²) < 4.78 is 16.1. The van der Waals surface area contributed by atoms with Gasteiger partial charge in [-0.1, -0.05) is 217 Å². The average molecular weight is 803 g/mol. The summed E-state index contributed by atoms with van der Waals surface area (Å²) in [6.45, 7) is 14.5. The molecule has 0 aromatic rings. The van der Waals surface area contributed by atoms with Crippen molar-refractivity contribution in [2.24, 2.45) is 0 Å². The molecule has 0 unspecified atom stereocenters. The molecule has 0 rings (SSSR count). The van der Waals surface area contributed by atoms with Crippen LogP contribution in [0.25, 0.3) is 0 Å². The number of thiocarbonyl (C=S) groups is 1. The lowest BCUT2D eigenvalue weighted by atomic mass is 10.0. The van der Waals surface area contributed by atoms with Crippen LogP contribution < -0.4 is 0 Å². The summed E-state index contributed by atoms with van der Waals surface area (Å²) in [5, 5.41) is 0. The second-order valence-corrected chi connectivity index (χ2v) is 20.7. The van der Waals surface area contributed by atoms with Gasteiger partial charge in [0.25, 0.3) is 0 Å². The molecule has 0 aliphatic rings. The first-order valence-electron chi connectivity index (χ1n) is 22.3. The minimum Gasteiger partial charge on any atom is -0.462 e. The zero-order valence-corrected chi connectivity index (χ0v) is 38.3. The van der Waals surface area contributed by atoms with E-state index < -0.39 is 9.49 Å². The SMILES string of the molecule is CCCCCCCCCCCCCCCCOCCOC(=O)C(C)(C)SC(=S)SC(C)(C)C(=O)CCOCCCCCCCCCCCCCCCC. The first-order chi connectivity index (χ1) is 25.6. The molecule has 8 heteroatoms. The molecule has 0 saturated heterocycles. The fourth-order valence-corrected chi connectivity index (χ4v) is 10.2. The molecule has 0 bridgehead atoms. The summed E-state index contributed by atoms with van der Waals surface area (Å²) in [6, 6.07) is 0. The third-order valence-electron chi connectivity index (χ3n) is 10.1. The molecule has 0 N–H and O–H groups in total. The van der Waals surface area contributed by atoms with Gasteiger partial charge in [-0.25, -0.2) is 0 Å². The van der Waals surface area contributed by atoms with Crippen molar-refractivity contribution in [1.82, 2.24) is 0 Å². The smallest absolute Gasteiger partial charge is 0.322 e. The molecular formula is C45H86O5S3. The summed E-state index contributed by atoms with van der Waals surface area (Å²) in [4.78, 5) is 25.8. The van der Waals surface area contributed by atoms with Crippen molar-refractivity contribution in [3.63, 3.8) is 0 Å². The summed E-state index contributed by atoms with van der Waals surface area (Å²) >= 11 is 8.26. The van der Waals surface area contributed by atoms with Gasteiger partial charge in [-0.05, 0) is 40.5 Å². The van der Waals surface area contributed by atoms with Crippen LogP contribution in [-0.4, -0.2) is 57.8 Å². The lowest BCUT2D eigenvalue weighted by Crippen LogP contribution is -2.34. The zero-order chi connectivity index (χ0) is 39.3. The van der Waals surface area contributed by atoms with Gasteiger partial charge >= 0.3 is 5.97 Å². The molecule has 0 aliphatic carbocycles. The van der Waals surface area contributed by atoms with Gasteiger partial charge in [0.05, 0.1) is 18.0 Å². The number of esters is 1. The Hall–Kier alpha value is -0.150. The van der Waals surface area contributed by atoms with Crippen LogP contribution in [0.2, 0.25) is 0 Å². The molecule has 0 fully saturated rings. The maximum absolute atomic E-state index is 13.0. The second-order valence-electron chi connectivity index (χ2n) is 16.2. The number of rotatable bonds is 40. The Morgan fingerprint density at radius 2 is 0.755 bits per heavy atom. The maximum Gasteiger partial charge on any atom is 0.322 e. The van der Waals surface area contributed by atoms with E-state index in [0.717, 1.165) is 12.8 Å². The number of ether oxygens (including phenoxy) is 3. The van der Waals surface area contributed by atoms with Crippen LogP contribution >= 0.6 is 35.7 Å². The van der Waals surface area contributed by atoms with E-state index in [1.54, 1.807) is 0 Å². The van der Waals surface area contributed by atoms with Crippen molar-refractivity contribution < 1.29 is 23.8 Å². The molecular weight excluding hydrogens is 717 g/mol. The molecule has 0 saturated carbocycles. The predicted octanol–water partition coefficient (Wildman–Crippen LogP) is 14.8. The Labute approximate surface area is 343 Å². The lowest BCUT2D eigenvalue weighted by Gasteiger charge is -2.26. The van der Waals surface area contributed by atoms with Crippen LogP contribution in [0, 0.1) is 0 Å². The molecule has 0 aromatic carbocycles. The van der Waals surface area contributed by atoms with Crippen molar-refractivity contribution in [1.29, 1.82) is 0 Å². The highest BCUT2D eigenvalue weighted by Gasteiger charge is 2.35. The average Bonchev–Trinajstić information content (AvgIpc) is 3.11. The van der Waals surface area contributed by atoms with E-state index >= 15 is 0 Å². The van der Waals surface area contributed by atoms with E-state index in [2.05, 4.69) is 13.8 Å². The van der Waals surface area contributed by atoms with E-state index in [0.29, 0.717) is 36.4 Å². The van der Waals surface area contributed by atoms with Crippen molar-refractivity contribution in [2.75, 3.05) is 33.0 Å². The predicted molar refractivity (Wildman–Crippen MR) is 239 cm³/mol. The molecule has 0 atom stereocenters. The topological polar surface area (TPSA) is 61.8 Å². The van der Waals surface area contributed by atoms with Gasteiger partial charge in [-0.15, -0.1) is 0 Å². The van der Waals surface area contributed by atoms with Gasteiger partial charge in [0.2, 0.25) is 0 Å². The van der Waals surface area contributed by atoms with Crippen LogP contribution in [-0.2, 0) is 23.8 Å². The molecule has 5 nitrogen and oxygen atoms in total. The maximum atomic E-state index is 13.0. The highest BCUT2D eigenvalue weighted by molar-refractivity contribution is 8.48. The van der Waals surface area contributed by atoms with Crippen LogP contribution in [0.4, 0.5) is 0 Å². The van der Waals surface area contributed by atoms with Gasteiger partial charge in [-0.3, -0.25) is 9.59 Å². The highest BCUT2D eigenvalue weighted by Crippen LogP contribution is 2.38. The molecule has 0 amide bonds. The molecule has 53 heavy (non-hydrogen) atoms. The monoisotopic (exact) mass is 803 g/mol. The van der Waals surface area contributed by atoms with Crippen molar-refractivity contribution in [2.45, 2.75) is 237 Å². The lowest BCUT2D eigenvalue weighted by molar-refractivity contribution is -0.147. The Morgan fingerprint density at radius 1 is 0.434 bits per heavy atom. The number of thioether (sulfide) groups is 2. The minimum atomic E-state index is -0.839. The van der Waals surface area contributed by atoms with Crippen LogP contribution in [0.5, 0.6) is 0 Å². The summed E-state index contributed by atoms with van der Waals surface area (Å²) in [6.07, 6.45) is 37.9. The normalized spacial score (nSPS) is 12.0. The molecule has 0 radical (unpaired) electrons. The van der Waals surface area contributed by atoms with Crippen LogP contribution in [0.3, 0.4) is 0 Å². The first kappa shape index (κ1) is 52.9. The zero-order valence-electron chi connectivity index (χ0n) is 35.8. The standard InChI is InChI=1S/C45H86O5S3/c1-7-9-11-13-15-17-19-21-23-25-27-29-31-33-36-48-38-35-41(46)44(3,4)52-43(51)53-45(5,6)42(47)50-40-39-49-37-34-32-30-28-26-24-22-20-18-16-14-12-10-8-2/h7-40H2,1-6H3. The van der Waals surface area contributed by atoms with E-state index in [1.165, 1.54) is 190 Å². The van der Waals surface area contributed by atoms with E-state index in [9.17, 15) is 9.59 Å². The summed E-state index contributed by atoms with van der Waals surface area (Å²) in [5.74, 6) is -0.200. The molecule has 0 heterocycles. The molecule has 0 aliphatic heterocycles. The van der Waals surface area contributed by atoms with E-state index in [1.807, 2.05) is 27.7 Å². The minimum absolute atomic E-state index is 0.114. The Balaban J connectivity index is 3.80. The molecule has 0 aromatic heterocycles. The number of unbranched alkanes of at least 4 members (excludes halogenated alkanes) is 26. The van der Waals surface area contributed by atoms with Gasteiger partial charge in [0.15, 0.2) is 5.78 Å². The third-order valence-corrected chi connectivity index (χ3v) is 12.8. The Bertz CT molecular complexity index is 863. The van der Waals surface area contributed by atoms with Crippen molar-refractivity contribution in [3.05, 3.63) is 0 Å². The summed E-state index contributed by atoms with van der Waals surface area (Å²) in [5.41, 5.74) is 0. The highest BCUT2D eigenvalue weighted by atomic mass is 32.2. The first-order valence-corrected chi connectivity index (χ1v) is 24.4. The van der Waals surface area contributed by atoms with E-state index in [-0.39, 0.29) is 18.4 Å². The summed E-state index contributed by atoms with van der Waals surface area (Å²) in [7, 11) is 0. The van der Waals surface area contributed by atoms with Gasteiger partial charge < -0.3 is 14.2 Å². The largest absolute Gasteiger partial charge is 0.462 e. The Morgan fingerprint density at radius 3 is 1.13 bits per heavy atom. The number of carbonyl (C=O) groups is 2. The van der Waals surface area contributed by atoms with Crippen LogP contribution in [0.1, 0.15) is 228 Å². The molecule has 314 valence electrons. The Kier molecular flexibility index (Phi) is 37.3. The van der Waals surface area contributed by atoms with E-state index in [4.69, 9.17) is 26.4 Å². The molecule has 0 spiro atoms. The van der Waals surface area contributed by atoms with Crippen molar-refractivity contribution >= 4 is 51.0 Å². The third kappa shape index (κ3) is 34.8. The number of carbonyl (C=O) groups excluding carboxylic acids is 2.